The Balaban J connectivity index is 1.31. The molecule has 0 radical (unpaired) electrons. The molecule has 0 aromatic heterocycles. The quantitative estimate of drug-likeness (QED) is 0.566. The molecule has 0 amide bonds. The van der Waals surface area contributed by atoms with Gasteiger partial charge >= 0.3 is 0 Å². The van der Waals surface area contributed by atoms with E-state index in [0.29, 0.717) is 42.6 Å². The highest BCUT2D eigenvalue weighted by Crippen LogP contribution is 2.70. The van der Waals surface area contributed by atoms with Crippen molar-refractivity contribution in [2.24, 2.45) is 52.3 Å². The van der Waals surface area contributed by atoms with Gasteiger partial charge in [0.1, 0.15) is 0 Å². The lowest BCUT2D eigenvalue weighted by Gasteiger charge is -2.61. The fourth-order valence-corrected chi connectivity index (χ4v) is 9.86. The summed E-state index contributed by atoms with van der Waals surface area (Å²) in [4.78, 5) is 13.1. The number of rotatable bonds is 0. The minimum absolute atomic E-state index is 0.110. The van der Waals surface area contributed by atoms with Gasteiger partial charge in [-0.15, -0.1) is 0 Å². The summed E-state index contributed by atoms with van der Waals surface area (Å²) >= 11 is 0. The number of aliphatic hydroxyl groups is 1. The van der Waals surface area contributed by atoms with Gasteiger partial charge in [-0.25, -0.2) is 0 Å². The molecule has 2 aliphatic heterocycles. The van der Waals surface area contributed by atoms with Gasteiger partial charge in [-0.1, -0.05) is 39.8 Å². The van der Waals surface area contributed by atoms with E-state index < -0.39 is 5.79 Å². The van der Waals surface area contributed by atoms with Crippen molar-refractivity contribution < 1.29 is 19.4 Å². The van der Waals surface area contributed by atoms with Crippen LogP contribution in [0.3, 0.4) is 0 Å². The molecule has 3 saturated carbocycles. The van der Waals surface area contributed by atoms with Crippen LogP contribution in [0.5, 0.6) is 0 Å². The Labute approximate surface area is 187 Å². The molecule has 5 fully saturated rings. The Bertz CT molecular complexity index is 807. The number of Topliss-reactive ketones (excluding diaryl/α,β-unsaturated/α-hetero) is 1. The second-order valence-corrected chi connectivity index (χ2v) is 12.7. The van der Waals surface area contributed by atoms with Crippen LogP contribution in [0, 0.1) is 52.3 Å². The highest BCUT2D eigenvalue weighted by atomic mass is 16.7. The zero-order valence-corrected chi connectivity index (χ0v) is 19.7. The average molecular weight is 429 g/mol. The molecule has 4 heteroatoms. The number of allylic oxidation sites excluding steroid dienone is 2. The van der Waals surface area contributed by atoms with Gasteiger partial charge in [0, 0.05) is 12.3 Å². The lowest BCUT2D eigenvalue weighted by Crippen LogP contribution is -2.58. The van der Waals surface area contributed by atoms with Crippen LogP contribution in [0.25, 0.3) is 0 Å². The minimum atomic E-state index is -0.996. The van der Waals surface area contributed by atoms with E-state index in [0.717, 1.165) is 25.7 Å². The maximum atomic E-state index is 13.1. The second-order valence-electron chi connectivity index (χ2n) is 12.7. The van der Waals surface area contributed by atoms with Gasteiger partial charge in [0.15, 0.2) is 5.78 Å². The molecule has 12 atom stereocenters. The third kappa shape index (κ3) is 2.56. The summed E-state index contributed by atoms with van der Waals surface area (Å²) in [5.74, 6) is 2.21. The maximum absolute atomic E-state index is 13.1. The molecule has 0 bridgehead atoms. The number of ether oxygens (including phenoxy) is 2. The lowest BCUT2D eigenvalue weighted by molar-refractivity contribution is -0.252. The molecule has 2 heterocycles. The molecule has 1 spiro atoms. The van der Waals surface area contributed by atoms with E-state index in [1.807, 2.05) is 0 Å². The number of hydrogen-bond donors (Lipinski definition) is 1. The zero-order valence-electron chi connectivity index (χ0n) is 19.7. The highest BCUT2D eigenvalue weighted by molar-refractivity contribution is 5.87. The fourth-order valence-electron chi connectivity index (χ4n) is 9.86. The first kappa shape index (κ1) is 20.9. The summed E-state index contributed by atoms with van der Waals surface area (Å²) in [5, 5.41) is 11.2. The van der Waals surface area contributed by atoms with Crippen molar-refractivity contribution in [3.63, 3.8) is 0 Å². The summed E-state index contributed by atoms with van der Waals surface area (Å²) in [7, 11) is 0. The summed E-state index contributed by atoms with van der Waals surface area (Å²) in [6, 6.07) is 0. The fraction of sp³-hybridized carbons (Fsp3) is 0.889. The Hall–Kier alpha value is -0.710. The van der Waals surface area contributed by atoms with E-state index in [9.17, 15) is 9.90 Å². The third-order valence-corrected chi connectivity index (χ3v) is 11.3. The van der Waals surface area contributed by atoms with Crippen molar-refractivity contribution in [2.75, 3.05) is 6.61 Å². The van der Waals surface area contributed by atoms with Gasteiger partial charge < -0.3 is 14.6 Å². The molecule has 2 saturated heterocycles. The van der Waals surface area contributed by atoms with Crippen LogP contribution in [-0.2, 0) is 14.3 Å². The van der Waals surface area contributed by atoms with E-state index in [-0.39, 0.29) is 40.7 Å². The maximum Gasteiger partial charge on any atom is 0.232 e. The van der Waals surface area contributed by atoms with Crippen LogP contribution in [0.2, 0.25) is 0 Å². The molecule has 1 N–H and O–H groups in total. The second kappa shape index (κ2) is 6.67. The van der Waals surface area contributed by atoms with E-state index in [4.69, 9.17) is 9.47 Å². The van der Waals surface area contributed by atoms with Gasteiger partial charge in [0.05, 0.1) is 18.8 Å². The number of aliphatic hydroxyl groups excluding tert-OH is 1. The first-order chi connectivity index (χ1) is 14.7. The predicted octanol–water partition coefficient (Wildman–Crippen LogP) is 4.75. The van der Waals surface area contributed by atoms with E-state index >= 15 is 0 Å². The van der Waals surface area contributed by atoms with Crippen LogP contribution < -0.4 is 0 Å². The molecule has 6 aliphatic rings. The Morgan fingerprint density at radius 3 is 2.65 bits per heavy atom. The third-order valence-electron chi connectivity index (χ3n) is 11.3. The molecule has 31 heavy (non-hydrogen) atoms. The number of carbonyl (C=O) groups is 1. The average Bonchev–Trinajstić information content (AvgIpc) is 3.17. The molecule has 4 aliphatic carbocycles. The molecule has 6 rings (SSSR count). The largest absolute Gasteiger partial charge is 0.393 e. The van der Waals surface area contributed by atoms with E-state index in [2.05, 4.69) is 39.8 Å². The van der Waals surface area contributed by atoms with Gasteiger partial charge in [0.2, 0.25) is 5.79 Å². The zero-order chi connectivity index (χ0) is 21.8. The molecular weight excluding hydrogens is 388 g/mol. The smallest absolute Gasteiger partial charge is 0.232 e. The van der Waals surface area contributed by atoms with Crippen molar-refractivity contribution in [2.45, 2.75) is 90.6 Å². The number of hydrogen-bond acceptors (Lipinski definition) is 4. The SMILES string of the molecule is C[C@@H]1CO[C@@]2(O[C@H]3C[C@H]4[C@@H]5C[C@@H](O)[C@H]6CC=CC[C@]6(C)[C@H]5CC[C@]4(C)[C@H]3[C@@H]2C)C(=O)C1. The van der Waals surface area contributed by atoms with E-state index in [1.54, 1.807) is 0 Å². The Morgan fingerprint density at radius 1 is 1.06 bits per heavy atom. The molecule has 0 aromatic rings. The molecular formula is C27H40O4. The molecule has 4 nitrogen and oxygen atoms in total. The van der Waals surface area contributed by atoms with Gasteiger partial charge in [-0.05, 0) is 84.9 Å². The standard InChI is InChI=1S/C27H40O4/c1-15-11-23(29)27(30-14-15)16(2)24-22(31-27)13-20-17-12-21(28)19-7-5-6-9-25(19,3)18(17)8-10-26(20,24)4/h5-6,15-22,24,28H,7-14H2,1-4H3/t15-,16-,17+,18-,19+,20-,21+,22-,24-,25+,26-,27-/m0/s1. The monoisotopic (exact) mass is 428 g/mol. The van der Waals surface area contributed by atoms with E-state index in [1.165, 1.54) is 12.8 Å². The van der Waals surface area contributed by atoms with Crippen LogP contribution in [0.4, 0.5) is 0 Å². The van der Waals surface area contributed by atoms with Crippen LogP contribution >= 0.6 is 0 Å². The first-order valence-corrected chi connectivity index (χ1v) is 12.9. The van der Waals surface area contributed by atoms with Gasteiger partial charge in [-0.2, -0.15) is 0 Å². The van der Waals surface area contributed by atoms with Crippen LogP contribution in [-0.4, -0.2) is 35.5 Å². The number of fused-ring (bicyclic) bond motifs is 7. The predicted molar refractivity (Wildman–Crippen MR) is 118 cm³/mol. The van der Waals surface area contributed by atoms with Gasteiger partial charge in [-0.3, -0.25) is 4.79 Å². The Kier molecular flexibility index (Phi) is 4.49. The minimum Gasteiger partial charge on any atom is -0.393 e. The topological polar surface area (TPSA) is 55.8 Å². The Morgan fingerprint density at radius 2 is 1.87 bits per heavy atom. The van der Waals surface area contributed by atoms with Crippen LogP contribution in [0.1, 0.15) is 72.6 Å². The lowest BCUT2D eigenvalue weighted by atomic mass is 9.44. The van der Waals surface area contributed by atoms with Crippen LogP contribution in [0.15, 0.2) is 12.2 Å². The van der Waals surface area contributed by atoms with Gasteiger partial charge in [0.25, 0.3) is 0 Å². The first-order valence-electron chi connectivity index (χ1n) is 12.9. The molecule has 172 valence electrons. The summed E-state index contributed by atoms with van der Waals surface area (Å²) in [6.45, 7) is 9.88. The molecule has 0 unspecified atom stereocenters. The van der Waals surface area contributed by atoms with Crippen molar-refractivity contribution >= 4 is 5.78 Å². The number of ketones is 1. The summed E-state index contributed by atoms with van der Waals surface area (Å²) in [6.07, 6.45) is 11.8. The van der Waals surface area contributed by atoms with Crippen molar-refractivity contribution in [3.8, 4) is 0 Å². The normalized spacial score (nSPS) is 60.4. The van der Waals surface area contributed by atoms with Crippen molar-refractivity contribution in [3.05, 3.63) is 12.2 Å². The summed E-state index contributed by atoms with van der Waals surface area (Å²) in [5.41, 5.74) is 0.400. The number of carbonyl (C=O) groups excluding carboxylic acids is 1. The highest BCUT2D eigenvalue weighted by Gasteiger charge is 2.71. The van der Waals surface area contributed by atoms with Crippen molar-refractivity contribution in [1.29, 1.82) is 0 Å². The molecule has 0 aromatic carbocycles. The summed E-state index contributed by atoms with van der Waals surface area (Å²) < 4.78 is 12.9. The van der Waals surface area contributed by atoms with Crippen molar-refractivity contribution in [1.82, 2.24) is 0 Å².